The molecule has 7 nitrogen and oxygen atoms in total. The number of hydrogen-bond donors (Lipinski definition) is 2. The van der Waals surface area contributed by atoms with Crippen LogP contribution in [-0.2, 0) is 14.4 Å². The summed E-state index contributed by atoms with van der Waals surface area (Å²) >= 11 is 0. The van der Waals surface area contributed by atoms with Gasteiger partial charge >= 0.3 is 0 Å². The molecule has 2 atom stereocenters. The molecule has 1 fully saturated rings. The van der Waals surface area contributed by atoms with E-state index in [9.17, 15) is 14.4 Å². The number of ether oxygens (including phenoxy) is 1. The minimum atomic E-state index is -0.551. The number of carbonyl (C=O) groups excluding carboxylic acids is 3. The van der Waals surface area contributed by atoms with Crippen LogP contribution in [0.1, 0.15) is 18.9 Å². The maximum atomic E-state index is 12.7. The summed E-state index contributed by atoms with van der Waals surface area (Å²) < 4.78 is 5.51. The Morgan fingerprint density at radius 1 is 1.18 bits per heavy atom. The van der Waals surface area contributed by atoms with Crippen LogP contribution in [0.2, 0.25) is 0 Å². The minimum Gasteiger partial charge on any atom is -0.479 e. The number of anilines is 3. The van der Waals surface area contributed by atoms with Crippen LogP contribution < -0.4 is 20.3 Å². The Morgan fingerprint density at radius 2 is 1.93 bits per heavy atom. The Balaban J connectivity index is 1.44. The smallest absolute Gasteiger partial charge is 0.265 e. The van der Waals surface area contributed by atoms with Gasteiger partial charge in [0.1, 0.15) is 5.75 Å². The standard InChI is InChI=1S/C21H21N3O4/c1-12-3-6-16(7-4-12)24-11-14(9-19(24)25)21(27)22-15-5-8-18-17(10-15)23-20(26)13(2)28-18/h3-8,10,13-14H,9,11H2,1-2H3,(H,22,27)(H,23,26)/t13-,14+/m1/s1. The predicted octanol–water partition coefficient (Wildman–Crippen LogP) is 2.71. The van der Waals surface area contributed by atoms with Crippen LogP contribution >= 0.6 is 0 Å². The van der Waals surface area contributed by atoms with Gasteiger partial charge < -0.3 is 20.3 Å². The Labute approximate surface area is 162 Å². The van der Waals surface area contributed by atoms with Crippen molar-refractivity contribution in [3.05, 3.63) is 48.0 Å². The molecule has 0 aromatic heterocycles. The maximum absolute atomic E-state index is 12.7. The van der Waals surface area contributed by atoms with Gasteiger partial charge in [0.15, 0.2) is 6.10 Å². The molecule has 144 valence electrons. The number of hydrogen-bond acceptors (Lipinski definition) is 4. The lowest BCUT2D eigenvalue weighted by molar-refractivity contribution is -0.122. The van der Waals surface area contributed by atoms with E-state index in [1.54, 1.807) is 30.0 Å². The van der Waals surface area contributed by atoms with E-state index in [0.29, 0.717) is 23.7 Å². The second-order valence-corrected chi connectivity index (χ2v) is 7.19. The van der Waals surface area contributed by atoms with Gasteiger partial charge in [-0.1, -0.05) is 17.7 Å². The number of nitrogens with one attached hydrogen (secondary N) is 2. The van der Waals surface area contributed by atoms with Crippen molar-refractivity contribution in [2.24, 2.45) is 5.92 Å². The molecule has 2 aliphatic rings. The molecule has 0 aliphatic carbocycles. The molecular weight excluding hydrogens is 358 g/mol. The van der Waals surface area contributed by atoms with Crippen molar-refractivity contribution in [1.29, 1.82) is 0 Å². The van der Waals surface area contributed by atoms with Gasteiger partial charge in [-0.15, -0.1) is 0 Å². The number of carbonyl (C=O) groups is 3. The lowest BCUT2D eigenvalue weighted by atomic mass is 10.1. The number of benzene rings is 2. The first kappa shape index (κ1) is 18.0. The van der Waals surface area contributed by atoms with Gasteiger partial charge in [0.25, 0.3) is 5.91 Å². The van der Waals surface area contributed by atoms with E-state index in [2.05, 4.69) is 10.6 Å². The zero-order chi connectivity index (χ0) is 19.8. The molecule has 7 heteroatoms. The van der Waals surface area contributed by atoms with Gasteiger partial charge in [-0.05, 0) is 44.2 Å². The third kappa shape index (κ3) is 3.43. The first-order valence-corrected chi connectivity index (χ1v) is 9.20. The van der Waals surface area contributed by atoms with Crippen molar-refractivity contribution in [3.8, 4) is 5.75 Å². The van der Waals surface area contributed by atoms with E-state index in [-0.39, 0.29) is 24.1 Å². The van der Waals surface area contributed by atoms with Crippen LogP contribution in [0.4, 0.5) is 17.1 Å². The summed E-state index contributed by atoms with van der Waals surface area (Å²) in [6.07, 6.45) is -0.382. The Kier molecular flexibility index (Phi) is 4.50. The number of rotatable bonds is 3. The van der Waals surface area contributed by atoms with Crippen molar-refractivity contribution >= 4 is 34.8 Å². The maximum Gasteiger partial charge on any atom is 0.265 e. The average Bonchev–Trinajstić information content (AvgIpc) is 3.05. The first-order chi connectivity index (χ1) is 13.4. The number of amides is 3. The van der Waals surface area contributed by atoms with E-state index in [0.717, 1.165) is 11.3 Å². The van der Waals surface area contributed by atoms with Gasteiger partial charge in [-0.25, -0.2) is 0 Å². The van der Waals surface area contributed by atoms with Crippen LogP contribution in [0.5, 0.6) is 5.75 Å². The summed E-state index contributed by atoms with van der Waals surface area (Å²) in [6.45, 7) is 4.00. The molecule has 3 amide bonds. The molecule has 2 aromatic rings. The number of fused-ring (bicyclic) bond motifs is 1. The van der Waals surface area contributed by atoms with Gasteiger partial charge in [0, 0.05) is 24.3 Å². The van der Waals surface area contributed by atoms with Crippen molar-refractivity contribution < 1.29 is 19.1 Å². The van der Waals surface area contributed by atoms with Crippen molar-refractivity contribution in [1.82, 2.24) is 0 Å². The summed E-state index contributed by atoms with van der Waals surface area (Å²) in [5.41, 5.74) is 2.98. The van der Waals surface area contributed by atoms with Crippen LogP contribution in [-0.4, -0.2) is 30.4 Å². The molecule has 0 bridgehead atoms. The molecule has 0 saturated carbocycles. The zero-order valence-corrected chi connectivity index (χ0v) is 15.7. The van der Waals surface area contributed by atoms with Crippen molar-refractivity contribution in [2.75, 3.05) is 22.1 Å². The third-order valence-corrected chi connectivity index (χ3v) is 5.02. The highest BCUT2D eigenvalue weighted by Gasteiger charge is 2.35. The summed E-state index contributed by atoms with van der Waals surface area (Å²) in [5.74, 6) is -0.392. The molecule has 2 aromatic carbocycles. The third-order valence-electron chi connectivity index (χ3n) is 5.02. The second kappa shape index (κ2) is 6.99. The van der Waals surface area contributed by atoms with E-state index in [1.807, 2.05) is 31.2 Å². The molecule has 2 aliphatic heterocycles. The van der Waals surface area contributed by atoms with Gasteiger partial charge in [0.2, 0.25) is 11.8 Å². The molecule has 0 spiro atoms. The summed E-state index contributed by atoms with van der Waals surface area (Å²) in [4.78, 5) is 38.4. The van der Waals surface area contributed by atoms with Gasteiger partial charge in [-0.2, -0.15) is 0 Å². The molecule has 28 heavy (non-hydrogen) atoms. The van der Waals surface area contributed by atoms with E-state index < -0.39 is 12.0 Å². The molecule has 0 radical (unpaired) electrons. The highest BCUT2D eigenvalue weighted by molar-refractivity contribution is 6.04. The fourth-order valence-electron chi connectivity index (χ4n) is 3.39. The molecule has 2 N–H and O–H groups in total. The molecule has 4 rings (SSSR count). The van der Waals surface area contributed by atoms with Crippen LogP contribution in [0.25, 0.3) is 0 Å². The fraction of sp³-hybridized carbons (Fsp3) is 0.286. The van der Waals surface area contributed by atoms with Crippen LogP contribution in [0, 0.1) is 12.8 Å². The summed E-state index contributed by atoms with van der Waals surface area (Å²) in [6, 6.07) is 12.8. The topological polar surface area (TPSA) is 87.7 Å². The zero-order valence-electron chi connectivity index (χ0n) is 15.7. The lowest BCUT2D eigenvalue weighted by Gasteiger charge is -2.24. The molecule has 0 unspecified atom stereocenters. The first-order valence-electron chi connectivity index (χ1n) is 9.20. The van der Waals surface area contributed by atoms with Gasteiger partial charge in [0.05, 0.1) is 11.6 Å². The normalized spacial score (nSPS) is 21.0. The average molecular weight is 379 g/mol. The highest BCUT2D eigenvalue weighted by atomic mass is 16.5. The van der Waals surface area contributed by atoms with E-state index in [4.69, 9.17) is 4.74 Å². The van der Waals surface area contributed by atoms with Crippen molar-refractivity contribution in [2.45, 2.75) is 26.4 Å². The second-order valence-electron chi connectivity index (χ2n) is 7.19. The number of aryl methyl sites for hydroxylation is 1. The van der Waals surface area contributed by atoms with E-state index >= 15 is 0 Å². The molecule has 2 heterocycles. The predicted molar refractivity (Wildman–Crippen MR) is 105 cm³/mol. The summed E-state index contributed by atoms with van der Waals surface area (Å²) in [5, 5.41) is 5.59. The monoisotopic (exact) mass is 379 g/mol. The Bertz CT molecular complexity index is 955. The number of nitrogens with zero attached hydrogens (tertiary/aromatic N) is 1. The lowest BCUT2D eigenvalue weighted by Crippen LogP contribution is -2.34. The quantitative estimate of drug-likeness (QED) is 0.858. The van der Waals surface area contributed by atoms with Crippen LogP contribution in [0.15, 0.2) is 42.5 Å². The summed E-state index contributed by atoms with van der Waals surface area (Å²) in [7, 11) is 0. The van der Waals surface area contributed by atoms with Gasteiger partial charge in [-0.3, -0.25) is 14.4 Å². The Hall–Kier alpha value is -3.35. The van der Waals surface area contributed by atoms with E-state index in [1.165, 1.54) is 0 Å². The largest absolute Gasteiger partial charge is 0.479 e. The van der Waals surface area contributed by atoms with Crippen LogP contribution in [0.3, 0.4) is 0 Å². The molecular formula is C21H21N3O4. The highest BCUT2D eigenvalue weighted by Crippen LogP contribution is 2.33. The SMILES string of the molecule is Cc1ccc(N2C[C@@H](C(=O)Nc3ccc4c(c3)NC(=O)[C@@H](C)O4)CC2=O)cc1. The minimum absolute atomic E-state index is 0.0657. The van der Waals surface area contributed by atoms with Crippen molar-refractivity contribution in [3.63, 3.8) is 0 Å². The Morgan fingerprint density at radius 3 is 2.68 bits per heavy atom. The fourth-order valence-corrected chi connectivity index (χ4v) is 3.39. The molecule has 1 saturated heterocycles.